The van der Waals surface area contributed by atoms with Crippen molar-refractivity contribution in [3.8, 4) is 18.2 Å². The van der Waals surface area contributed by atoms with Crippen LogP contribution in [0.5, 0.6) is 0 Å². The first kappa shape index (κ1) is 26.8. The number of hydrogen-bond acceptors (Lipinski definition) is 5. The zero-order chi connectivity index (χ0) is 16.7. The largest absolute Gasteiger partial charge is 1.00 e. The molecule has 0 aromatic rings. The van der Waals surface area contributed by atoms with E-state index < -0.39 is 33.5 Å². The predicted molar refractivity (Wildman–Crippen MR) is 63.5 cm³/mol. The number of nitrogens with one attached hydrogen (secondary N) is 2. The van der Waals surface area contributed by atoms with Gasteiger partial charge in [0.2, 0.25) is 0 Å². The second-order valence-corrected chi connectivity index (χ2v) is 4.82. The molecule has 3 unspecified atom stereocenters. The van der Waals surface area contributed by atoms with Crippen LogP contribution >= 0.6 is 0 Å². The van der Waals surface area contributed by atoms with Crippen LogP contribution < -0.4 is 70.0 Å². The van der Waals surface area contributed by atoms with Crippen LogP contribution in [0.15, 0.2) is 0 Å². The second kappa shape index (κ2) is 11.4. The van der Waals surface area contributed by atoms with Crippen LogP contribution in [0.25, 0.3) is 0 Å². The molecule has 112 valence electrons. The van der Waals surface area contributed by atoms with Crippen LogP contribution in [-0.4, -0.2) is 31.6 Å². The van der Waals surface area contributed by atoms with Gasteiger partial charge in [-0.2, -0.15) is 15.8 Å². The SMILES string of the molecule is CC(C#N)CC(C#N)(CC(C)(C#N)N[N+](=O)O)N[N+](=O)O.[Na+].[Na+]. The van der Waals surface area contributed by atoms with Crippen LogP contribution in [0.2, 0.25) is 0 Å². The molecule has 0 aliphatic rings. The van der Waals surface area contributed by atoms with Gasteiger partial charge in [0.1, 0.15) is 9.81 Å². The van der Waals surface area contributed by atoms with E-state index in [1.54, 1.807) is 12.1 Å². The molecule has 13 heteroatoms. The summed E-state index contributed by atoms with van der Waals surface area (Å²) < 4.78 is 0. The Morgan fingerprint density at radius 1 is 1.09 bits per heavy atom. The van der Waals surface area contributed by atoms with Crippen molar-refractivity contribution >= 4 is 0 Å². The summed E-state index contributed by atoms with van der Waals surface area (Å²) in [5.41, 5.74) is 0.217. The summed E-state index contributed by atoms with van der Waals surface area (Å²) in [6, 6.07) is 5.25. The summed E-state index contributed by atoms with van der Waals surface area (Å²) in [6.45, 7) is 2.68. The average Bonchev–Trinajstić information content (AvgIpc) is 2.36. The third-order valence-electron chi connectivity index (χ3n) is 2.64. The predicted octanol–water partition coefficient (Wildman–Crippen LogP) is -6.18. The van der Waals surface area contributed by atoms with Gasteiger partial charge in [0.25, 0.3) is 0 Å². The summed E-state index contributed by atoms with van der Waals surface area (Å²) in [4.78, 5) is 21.4. The zero-order valence-electron chi connectivity index (χ0n) is 13.4. The monoisotopic (exact) mass is 343 g/mol. The molecule has 0 aromatic carbocycles. The number of nitriles is 3. The standard InChI is InChI=1S/C10H15N7O4.2Na/c1-8(4-11)3-10(7-13,15-17(20)21)5-9(2,6-12)14-16(18)19;;/h8,14-15H,3,5H2,1-2H3,(H,18,19)(H,20,21);;/q+2;2*+1. The molecule has 0 bridgehead atoms. The molecule has 0 rings (SSSR count). The Bertz CT molecular complexity index is 555. The quantitative estimate of drug-likeness (QED) is 0.247. The zero-order valence-corrected chi connectivity index (χ0v) is 17.4. The summed E-state index contributed by atoms with van der Waals surface area (Å²) in [5, 5.41) is 43.1. The van der Waals surface area contributed by atoms with Crippen LogP contribution in [0.3, 0.4) is 0 Å². The van der Waals surface area contributed by atoms with Gasteiger partial charge >= 0.3 is 69.2 Å². The fraction of sp³-hybridized carbons (Fsp3) is 0.700. The Morgan fingerprint density at radius 2 is 1.57 bits per heavy atom. The topological polar surface area (TPSA) is 176 Å². The Balaban J connectivity index is -0.00000200. The first-order valence-electron chi connectivity index (χ1n) is 5.72. The average molecular weight is 343 g/mol. The van der Waals surface area contributed by atoms with Gasteiger partial charge in [-0.3, -0.25) is 0 Å². The molecular formula is C10H15N7Na2O4+4. The smallest absolute Gasteiger partial charge is 0.219 e. The minimum absolute atomic E-state index is 0. The third-order valence-corrected chi connectivity index (χ3v) is 2.64. The van der Waals surface area contributed by atoms with Crippen molar-refractivity contribution in [1.29, 1.82) is 15.8 Å². The van der Waals surface area contributed by atoms with E-state index in [1.807, 2.05) is 16.9 Å². The molecule has 0 heterocycles. The van der Waals surface area contributed by atoms with E-state index in [0.29, 0.717) is 0 Å². The Morgan fingerprint density at radius 3 is 1.87 bits per heavy atom. The van der Waals surface area contributed by atoms with Crippen molar-refractivity contribution in [2.24, 2.45) is 5.92 Å². The van der Waals surface area contributed by atoms with Crippen molar-refractivity contribution in [1.82, 2.24) is 10.9 Å². The molecule has 11 nitrogen and oxygen atoms in total. The maximum absolute atomic E-state index is 10.8. The van der Waals surface area contributed by atoms with Crippen molar-refractivity contribution in [2.45, 2.75) is 37.8 Å². The van der Waals surface area contributed by atoms with Crippen molar-refractivity contribution in [3.05, 3.63) is 9.81 Å². The molecule has 0 radical (unpaired) electrons. The minimum Gasteiger partial charge on any atom is -0.219 e. The van der Waals surface area contributed by atoms with Crippen LogP contribution in [0, 0.1) is 49.7 Å². The molecular weight excluding hydrogens is 328 g/mol. The molecule has 23 heavy (non-hydrogen) atoms. The molecule has 0 saturated heterocycles. The van der Waals surface area contributed by atoms with E-state index in [-0.39, 0.29) is 65.5 Å². The summed E-state index contributed by atoms with van der Waals surface area (Å²) in [7, 11) is 0. The molecule has 3 atom stereocenters. The summed E-state index contributed by atoms with van der Waals surface area (Å²) in [5.74, 6) is -0.683. The van der Waals surface area contributed by atoms with Crippen molar-refractivity contribution < 1.29 is 79.6 Å². The van der Waals surface area contributed by atoms with Crippen molar-refractivity contribution in [3.63, 3.8) is 0 Å². The fourth-order valence-electron chi connectivity index (χ4n) is 1.94. The Kier molecular flexibility index (Phi) is 13.3. The molecule has 0 amide bonds. The van der Waals surface area contributed by atoms with Gasteiger partial charge in [-0.15, -0.1) is 0 Å². The van der Waals surface area contributed by atoms with Gasteiger partial charge in [0, 0.05) is 18.8 Å². The Labute approximate surface area is 176 Å². The van der Waals surface area contributed by atoms with Crippen LogP contribution in [-0.2, 0) is 0 Å². The summed E-state index contributed by atoms with van der Waals surface area (Å²) >= 11 is 0. The van der Waals surface area contributed by atoms with E-state index in [9.17, 15) is 15.1 Å². The van der Waals surface area contributed by atoms with Crippen molar-refractivity contribution in [2.75, 3.05) is 0 Å². The number of hydrazine groups is 2. The van der Waals surface area contributed by atoms with Gasteiger partial charge in [-0.1, -0.05) is 10.9 Å². The molecule has 0 fully saturated rings. The van der Waals surface area contributed by atoms with Gasteiger partial charge in [0.05, 0.1) is 18.2 Å². The van der Waals surface area contributed by atoms with Crippen LogP contribution in [0.4, 0.5) is 0 Å². The molecule has 0 spiro atoms. The number of rotatable bonds is 8. The van der Waals surface area contributed by atoms with Gasteiger partial charge in [-0.25, -0.2) is 10.4 Å². The van der Waals surface area contributed by atoms with E-state index in [4.69, 9.17) is 20.9 Å². The van der Waals surface area contributed by atoms with E-state index in [0.717, 1.165) is 0 Å². The molecule has 0 aliphatic heterocycles. The first-order valence-corrected chi connectivity index (χ1v) is 5.72. The fourth-order valence-corrected chi connectivity index (χ4v) is 1.94. The minimum atomic E-state index is -1.81. The third kappa shape index (κ3) is 9.57. The van der Waals surface area contributed by atoms with E-state index in [1.165, 1.54) is 13.8 Å². The maximum Gasteiger partial charge on any atom is 1.00 e. The number of hydrogen-bond donors (Lipinski definition) is 4. The normalized spacial score (nSPS) is 15.3. The molecule has 0 aromatic heterocycles. The van der Waals surface area contributed by atoms with E-state index >= 15 is 0 Å². The maximum atomic E-state index is 10.8. The van der Waals surface area contributed by atoms with Gasteiger partial charge in [0.15, 0.2) is 11.1 Å². The first-order chi connectivity index (χ1) is 9.62. The second-order valence-electron chi connectivity index (χ2n) is 4.82. The molecule has 4 N–H and O–H groups in total. The Hall–Kier alpha value is -1.13. The molecule has 0 saturated carbocycles. The van der Waals surface area contributed by atoms with Crippen LogP contribution in [0.1, 0.15) is 26.7 Å². The van der Waals surface area contributed by atoms with Gasteiger partial charge in [-0.05, 0) is 13.8 Å². The summed E-state index contributed by atoms with van der Waals surface area (Å²) in [6.07, 6.45) is -0.680. The number of nitrogens with zero attached hydrogens (tertiary/aromatic N) is 5. The van der Waals surface area contributed by atoms with E-state index in [2.05, 4.69) is 0 Å². The molecule has 0 aliphatic carbocycles. The van der Waals surface area contributed by atoms with Gasteiger partial charge < -0.3 is 0 Å².